The summed E-state index contributed by atoms with van der Waals surface area (Å²) in [6, 6.07) is 9.90. The Morgan fingerprint density at radius 3 is 2.61 bits per heavy atom. The highest BCUT2D eigenvalue weighted by Crippen LogP contribution is 2.34. The average molecular weight is 412 g/mol. The van der Waals surface area contributed by atoms with Gasteiger partial charge in [-0.1, -0.05) is 29.8 Å². The molecule has 0 saturated heterocycles. The number of aryl methyl sites for hydroxylation is 1. The summed E-state index contributed by atoms with van der Waals surface area (Å²) < 4.78 is 54.8. The molecule has 28 heavy (non-hydrogen) atoms. The minimum absolute atomic E-state index is 0.0560. The molecular weight excluding hydrogens is 398 g/mol. The van der Waals surface area contributed by atoms with Crippen LogP contribution in [-0.2, 0) is 12.7 Å². The fraction of sp³-hybridized carbons (Fsp3) is 0.158. The highest BCUT2D eigenvalue weighted by Gasteiger charge is 2.40. The summed E-state index contributed by atoms with van der Waals surface area (Å²) in [4.78, 5) is 12.4. The first kappa shape index (κ1) is 19.9. The molecule has 2 aromatic carbocycles. The van der Waals surface area contributed by atoms with E-state index in [2.05, 4.69) is 10.4 Å². The van der Waals surface area contributed by atoms with Crippen molar-refractivity contribution in [3.63, 3.8) is 0 Å². The topological polar surface area (TPSA) is 46.9 Å². The molecule has 0 bridgehead atoms. The molecule has 0 fully saturated rings. The molecule has 0 unspecified atom stereocenters. The lowest BCUT2D eigenvalue weighted by Crippen LogP contribution is -2.26. The van der Waals surface area contributed by atoms with Crippen molar-refractivity contribution in [1.82, 2.24) is 15.1 Å². The third kappa shape index (κ3) is 4.17. The van der Waals surface area contributed by atoms with Crippen LogP contribution in [0.25, 0.3) is 5.69 Å². The third-order valence-electron chi connectivity index (χ3n) is 4.01. The first-order valence-electron chi connectivity index (χ1n) is 8.11. The second-order valence-electron chi connectivity index (χ2n) is 6.06. The van der Waals surface area contributed by atoms with Crippen molar-refractivity contribution in [3.05, 3.63) is 81.9 Å². The number of carbonyl (C=O) groups excluding carboxylic acids is 1. The molecule has 0 aliphatic carbocycles. The van der Waals surface area contributed by atoms with E-state index in [1.807, 2.05) is 0 Å². The molecule has 0 aliphatic rings. The summed E-state index contributed by atoms with van der Waals surface area (Å²) in [6.07, 6.45) is -3.97. The van der Waals surface area contributed by atoms with Crippen molar-refractivity contribution in [2.24, 2.45) is 0 Å². The van der Waals surface area contributed by atoms with Crippen LogP contribution >= 0.6 is 11.6 Å². The highest BCUT2D eigenvalue weighted by atomic mass is 35.5. The molecule has 146 valence electrons. The molecule has 3 rings (SSSR count). The monoisotopic (exact) mass is 411 g/mol. The van der Waals surface area contributed by atoms with Crippen LogP contribution in [0.1, 0.15) is 27.2 Å². The van der Waals surface area contributed by atoms with E-state index >= 15 is 0 Å². The molecule has 0 spiro atoms. The van der Waals surface area contributed by atoms with Crippen LogP contribution in [0.4, 0.5) is 17.6 Å². The maximum Gasteiger partial charge on any atom is 0.434 e. The van der Waals surface area contributed by atoms with E-state index in [9.17, 15) is 22.4 Å². The predicted octanol–water partition coefficient (Wildman–Crippen LogP) is 4.92. The van der Waals surface area contributed by atoms with Gasteiger partial charge in [-0.15, -0.1) is 0 Å². The molecule has 3 aromatic rings. The second kappa shape index (κ2) is 7.63. The number of rotatable bonds is 4. The number of aromatic nitrogens is 2. The van der Waals surface area contributed by atoms with Crippen molar-refractivity contribution in [1.29, 1.82) is 0 Å². The number of nitrogens with one attached hydrogen (secondary N) is 1. The van der Waals surface area contributed by atoms with E-state index in [4.69, 9.17) is 11.6 Å². The number of hydrogen-bond donors (Lipinski definition) is 1. The van der Waals surface area contributed by atoms with E-state index in [1.165, 1.54) is 42.5 Å². The molecule has 0 radical (unpaired) electrons. The Labute approximate surface area is 162 Å². The summed E-state index contributed by atoms with van der Waals surface area (Å²) in [5, 5.41) is 6.37. The maximum absolute atomic E-state index is 13.6. The van der Waals surface area contributed by atoms with Gasteiger partial charge in [-0.25, -0.2) is 9.07 Å². The van der Waals surface area contributed by atoms with Crippen LogP contribution < -0.4 is 5.32 Å². The number of hydrogen-bond acceptors (Lipinski definition) is 2. The molecule has 1 amide bonds. The van der Waals surface area contributed by atoms with E-state index < -0.39 is 29.2 Å². The minimum atomic E-state index is -4.82. The van der Waals surface area contributed by atoms with Gasteiger partial charge < -0.3 is 5.32 Å². The fourth-order valence-corrected chi connectivity index (χ4v) is 2.87. The van der Waals surface area contributed by atoms with Gasteiger partial charge in [0.2, 0.25) is 0 Å². The summed E-state index contributed by atoms with van der Waals surface area (Å²) in [6.45, 7) is 1.50. The zero-order valence-corrected chi connectivity index (χ0v) is 15.3. The smallest absolute Gasteiger partial charge is 0.348 e. The average Bonchev–Trinajstić information content (AvgIpc) is 3.08. The number of alkyl halides is 3. The van der Waals surface area contributed by atoms with Gasteiger partial charge in [-0.3, -0.25) is 4.79 Å². The minimum Gasteiger partial charge on any atom is -0.348 e. The number of halogens is 5. The zero-order chi connectivity index (χ0) is 20.5. The van der Waals surface area contributed by atoms with Crippen molar-refractivity contribution in [2.45, 2.75) is 19.6 Å². The summed E-state index contributed by atoms with van der Waals surface area (Å²) in [7, 11) is 0. The fourth-order valence-electron chi connectivity index (χ4n) is 2.69. The standard InChI is InChI=1S/C19H14ClF4N3O/c1-11-7-12(5-6-16(11)21)9-25-18(28)15-10-26-27(17(15)19(22,23)24)14-4-2-3-13(20)8-14/h2-8,10H,9H2,1H3,(H,25,28). The van der Waals surface area contributed by atoms with Gasteiger partial charge >= 0.3 is 6.18 Å². The maximum atomic E-state index is 13.6. The molecule has 0 saturated carbocycles. The Bertz CT molecular complexity index is 1030. The zero-order valence-electron chi connectivity index (χ0n) is 14.5. The van der Waals surface area contributed by atoms with Crippen molar-refractivity contribution in [3.8, 4) is 5.69 Å². The second-order valence-corrected chi connectivity index (χ2v) is 6.50. The highest BCUT2D eigenvalue weighted by molar-refractivity contribution is 6.30. The Balaban J connectivity index is 1.90. The quantitative estimate of drug-likeness (QED) is 0.619. The van der Waals surface area contributed by atoms with E-state index in [0.717, 1.165) is 6.20 Å². The molecule has 0 atom stereocenters. The van der Waals surface area contributed by atoms with Gasteiger partial charge in [0.15, 0.2) is 5.69 Å². The Morgan fingerprint density at radius 1 is 1.21 bits per heavy atom. The first-order valence-corrected chi connectivity index (χ1v) is 8.49. The normalized spacial score (nSPS) is 11.5. The van der Waals surface area contributed by atoms with Gasteiger partial charge in [0.05, 0.1) is 17.4 Å². The SMILES string of the molecule is Cc1cc(CNC(=O)c2cnn(-c3cccc(Cl)c3)c2C(F)(F)F)ccc1F. The Kier molecular flexibility index (Phi) is 5.42. The van der Waals surface area contributed by atoms with Gasteiger partial charge in [0.25, 0.3) is 5.91 Å². The van der Waals surface area contributed by atoms with Crippen LogP contribution in [0.5, 0.6) is 0 Å². The van der Waals surface area contributed by atoms with Crippen molar-refractivity contribution < 1.29 is 22.4 Å². The Hall–Kier alpha value is -2.87. The lowest BCUT2D eigenvalue weighted by molar-refractivity contribution is -0.143. The van der Waals surface area contributed by atoms with E-state index in [0.29, 0.717) is 15.8 Å². The predicted molar refractivity (Wildman–Crippen MR) is 95.9 cm³/mol. The molecule has 4 nitrogen and oxygen atoms in total. The van der Waals surface area contributed by atoms with Crippen molar-refractivity contribution in [2.75, 3.05) is 0 Å². The van der Waals surface area contributed by atoms with Crippen LogP contribution in [0.2, 0.25) is 5.02 Å². The summed E-state index contributed by atoms with van der Waals surface area (Å²) >= 11 is 5.84. The molecule has 1 aromatic heterocycles. The van der Waals surface area contributed by atoms with Gasteiger partial charge in [-0.2, -0.15) is 18.3 Å². The first-order chi connectivity index (χ1) is 13.2. The van der Waals surface area contributed by atoms with Gasteiger partial charge in [-0.05, 0) is 42.3 Å². The summed E-state index contributed by atoms with van der Waals surface area (Å²) in [5.74, 6) is -1.35. The molecule has 9 heteroatoms. The summed E-state index contributed by atoms with van der Waals surface area (Å²) in [5.41, 5.74) is -0.818. The number of nitrogens with zero attached hydrogens (tertiary/aromatic N) is 2. The van der Waals surface area contributed by atoms with Crippen LogP contribution in [0.15, 0.2) is 48.7 Å². The van der Waals surface area contributed by atoms with Gasteiger partial charge in [0.1, 0.15) is 5.82 Å². The number of amides is 1. The van der Waals surface area contributed by atoms with Crippen LogP contribution in [-0.4, -0.2) is 15.7 Å². The Morgan fingerprint density at radius 2 is 1.96 bits per heavy atom. The van der Waals surface area contributed by atoms with E-state index in [1.54, 1.807) is 6.92 Å². The number of carbonyl (C=O) groups is 1. The molecule has 1 heterocycles. The molecule has 0 aliphatic heterocycles. The van der Waals surface area contributed by atoms with Crippen LogP contribution in [0.3, 0.4) is 0 Å². The molecule has 1 N–H and O–H groups in total. The van der Waals surface area contributed by atoms with Crippen molar-refractivity contribution >= 4 is 17.5 Å². The lowest BCUT2D eigenvalue weighted by Gasteiger charge is -2.13. The largest absolute Gasteiger partial charge is 0.434 e. The molecular formula is C19H14ClF4N3O. The van der Waals surface area contributed by atoms with E-state index in [-0.39, 0.29) is 17.3 Å². The number of benzene rings is 2. The third-order valence-corrected chi connectivity index (χ3v) is 4.25. The lowest BCUT2D eigenvalue weighted by atomic mass is 10.1. The van der Waals surface area contributed by atoms with Gasteiger partial charge in [0, 0.05) is 11.6 Å². The van der Waals surface area contributed by atoms with Crippen LogP contribution in [0, 0.1) is 12.7 Å².